The van der Waals surface area contributed by atoms with Crippen molar-refractivity contribution in [2.24, 2.45) is 0 Å². The largest absolute Gasteiger partial charge is 0.508 e. The van der Waals surface area contributed by atoms with Crippen molar-refractivity contribution < 1.29 is 14.3 Å². The van der Waals surface area contributed by atoms with Gasteiger partial charge in [0.15, 0.2) is 5.16 Å². The molecule has 154 valence electrons. The highest BCUT2D eigenvalue weighted by atomic mass is 32.2. The Morgan fingerprint density at radius 2 is 2.10 bits per heavy atom. The lowest BCUT2D eigenvalue weighted by Gasteiger charge is -2.15. The lowest BCUT2D eigenvalue weighted by atomic mass is 10.1. The number of rotatable bonds is 6. The first kappa shape index (κ1) is 20.0. The SMILES string of the molecule is CCc1cc2c(CSc3nc(C)c(C)n3CC3CCCO3)cc(=O)oc2cc1O. The standard InChI is InChI=1S/C22H26N2O4S/c1-4-15-8-18-16(9-21(26)28-20(18)10-19(15)25)12-29-22-23-13(2)14(3)24(22)11-17-6-5-7-27-17/h8-10,17,25H,4-7,11-12H2,1-3H3. The molecule has 0 amide bonds. The molecule has 1 fully saturated rings. The van der Waals surface area contributed by atoms with Crippen LogP contribution >= 0.6 is 11.8 Å². The van der Waals surface area contributed by atoms with Crippen LogP contribution < -0.4 is 5.63 Å². The number of ether oxygens (including phenoxy) is 1. The average molecular weight is 415 g/mol. The van der Waals surface area contributed by atoms with E-state index in [1.165, 1.54) is 6.07 Å². The van der Waals surface area contributed by atoms with E-state index in [0.29, 0.717) is 17.8 Å². The molecule has 1 aliphatic heterocycles. The van der Waals surface area contributed by atoms with Crippen LogP contribution in [0.25, 0.3) is 11.0 Å². The molecule has 1 aromatic carbocycles. The van der Waals surface area contributed by atoms with Gasteiger partial charge in [0.1, 0.15) is 11.3 Å². The maximum atomic E-state index is 12.0. The smallest absolute Gasteiger partial charge is 0.336 e. The Hall–Kier alpha value is -2.25. The summed E-state index contributed by atoms with van der Waals surface area (Å²) in [5, 5.41) is 11.9. The highest BCUT2D eigenvalue weighted by Gasteiger charge is 2.21. The number of nitrogens with zero attached hydrogens (tertiary/aromatic N) is 2. The van der Waals surface area contributed by atoms with E-state index in [4.69, 9.17) is 14.1 Å². The van der Waals surface area contributed by atoms with Crippen LogP contribution in [0, 0.1) is 13.8 Å². The zero-order valence-corrected chi connectivity index (χ0v) is 17.8. The van der Waals surface area contributed by atoms with E-state index < -0.39 is 5.63 Å². The summed E-state index contributed by atoms with van der Waals surface area (Å²) < 4.78 is 13.4. The Morgan fingerprint density at radius 1 is 1.28 bits per heavy atom. The summed E-state index contributed by atoms with van der Waals surface area (Å²) in [6.07, 6.45) is 3.13. The normalized spacial score (nSPS) is 16.7. The van der Waals surface area contributed by atoms with Gasteiger partial charge in [0.2, 0.25) is 0 Å². The minimum Gasteiger partial charge on any atom is -0.508 e. The van der Waals surface area contributed by atoms with Crippen molar-refractivity contribution in [1.82, 2.24) is 9.55 Å². The van der Waals surface area contributed by atoms with Gasteiger partial charge in [0.25, 0.3) is 0 Å². The van der Waals surface area contributed by atoms with Gasteiger partial charge in [-0.1, -0.05) is 18.7 Å². The summed E-state index contributed by atoms with van der Waals surface area (Å²) in [5.41, 5.74) is 3.89. The summed E-state index contributed by atoms with van der Waals surface area (Å²) >= 11 is 1.61. The van der Waals surface area contributed by atoms with Crippen LogP contribution in [-0.4, -0.2) is 27.4 Å². The molecule has 0 aliphatic carbocycles. The second-order valence-corrected chi connectivity index (χ2v) is 8.46. The van der Waals surface area contributed by atoms with Gasteiger partial charge in [0, 0.05) is 35.6 Å². The molecule has 0 saturated carbocycles. The lowest BCUT2D eigenvalue weighted by Crippen LogP contribution is -2.16. The molecule has 3 heterocycles. The molecule has 2 aromatic heterocycles. The minimum atomic E-state index is -0.410. The summed E-state index contributed by atoms with van der Waals surface area (Å²) in [5.74, 6) is 0.753. The van der Waals surface area contributed by atoms with E-state index in [0.717, 1.165) is 59.1 Å². The Bertz CT molecular complexity index is 1100. The fourth-order valence-corrected chi connectivity index (χ4v) is 4.88. The number of aromatic nitrogens is 2. The van der Waals surface area contributed by atoms with E-state index >= 15 is 0 Å². The monoisotopic (exact) mass is 414 g/mol. The van der Waals surface area contributed by atoms with Crippen LogP contribution in [0.4, 0.5) is 0 Å². The summed E-state index contributed by atoms with van der Waals surface area (Å²) in [7, 11) is 0. The molecule has 1 saturated heterocycles. The van der Waals surface area contributed by atoms with Gasteiger partial charge in [-0.25, -0.2) is 9.78 Å². The maximum Gasteiger partial charge on any atom is 0.336 e. The second-order valence-electron chi connectivity index (χ2n) is 7.52. The van der Waals surface area contributed by atoms with Crippen molar-refractivity contribution in [1.29, 1.82) is 0 Å². The van der Waals surface area contributed by atoms with Gasteiger partial charge in [0.05, 0.1) is 18.3 Å². The molecule has 4 rings (SSSR count). The summed E-state index contributed by atoms with van der Waals surface area (Å²) in [4.78, 5) is 16.8. The zero-order chi connectivity index (χ0) is 20.5. The lowest BCUT2D eigenvalue weighted by molar-refractivity contribution is 0.0945. The van der Waals surface area contributed by atoms with Crippen LogP contribution in [-0.2, 0) is 23.5 Å². The first-order valence-electron chi connectivity index (χ1n) is 10.0. The molecule has 1 atom stereocenters. The van der Waals surface area contributed by atoms with Crippen molar-refractivity contribution in [3.05, 3.63) is 51.1 Å². The van der Waals surface area contributed by atoms with Gasteiger partial charge >= 0.3 is 5.63 Å². The van der Waals surface area contributed by atoms with Crippen LogP contribution in [0.5, 0.6) is 5.75 Å². The fraction of sp³-hybridized carbons (Fsp3) is 0.455. The Morgan fingerprint density at radius 3 is 2.83 bits per heavy atom. The fourth-order valence-electron chi connectivity index (χ4n) is 3.79. The quantitative estimate of drug-likeness (QED) is 0.477. The van der Waals surface area contributed by atoms with Crippen molar-refractivity contribution in [2.75, 3.05) is 6.61 Å². The Kier molecular flexibility index (Phi) is 5.69. The average Bonchev–Trinajstić information content (AvgIpc) is 3.29. The highest BCUT2D eigenvalue weighted by Crippen LogP contribution is 2.31. The van der Waals surface area contributed by atoms with Gasteiger partial charge in [-0.3, -0.25) is 0 Å². The van der Waals surface area contributed by atoms with E-state index in [2.05, 4.69) is 11.5 Å². The summed E-state index contributed by atoms with van der Waals surface area (Å²) in [6, 6.07) is 4.99. The second kappa shape index (κ2) is 8.24. The van der Waals surface area contributed by atoms with Gasteiger partial charge in [-0.2, -0.15) is 0 Å². The molecule has 1 aliphatic rings. The van der Waals surface area contributed by atoms with Crippen molar-refractivity contribution in [3.8, 4) is 5.75 Å². The first-order valence-corrected chi connectivity index (χ1v) is 11.0. The number of benzene rings is 1. The van der Waals surface area contributed by atoms with Gasteiger partial charge in [-0.05, 0) is 50.3 Å². The number of fused-ring (bicyclic) bond motifs is 1. The summed E-state index contributed by atoms with van der Waals surface area (Å²) in [6.45, 7) is 7.74. The molecule has 3 aromatic rings. The van der Waals surface area contributed by atoms with E-state index in [-0.39, 0.29) is 11.9 Å². The Labute approximate surface area is 173 Å². The van der Waals surface area contributed by atoms with E-state index in [1.807, 2.05) is 19.9 Å². The number of imidazole rings is 1. The van der Waals surface area contributed by atoms with Crippen LogP contribution in [0.3, 0.4) is 0 Å². The molecule has 0 bridgehead atoms. The number of aromatic hydroxyl groups is 1. The van der Waals surface area contributed by atoms with Crippen LogP contribution in [0.15, 0.2) is 32.6 Å². The van der Waals surface area contributed by atoms with Crippen molar-refractivity contribution in [3.63, 3.8) is 0 Å². The number of phenols is 1. The van der Waals surface area contributed by atoms with E-state index in [9.17, 15) is 9.90 Å². The van der Waals surface area contributed by atoms with Gasteiger partial charge in [-0.15, -0.1) is 0 Å². The molecule has 29 heavy (non-hydrogen) atoms. The zero-order valence-electron chi connectivity index (χ0n) is 17.0. The maximum absolute atomic E-state index is 12.0. The molecule has 0 spiro atoms. The number of thioether (sulfide) groups is 1. The third-order valence-electron chi connectivity index (χ3n) is 5.60. The van der Waals surface area contributed by atoms with Crippen molar-refractivity contribution >= 4 is 22.7 Å². The molecular formula is C22H26N2O4S. The van der Waals surface area contributed by atoms with Crippen LogP contribution in [0.1, 0.15) is 42.3 Å². The molecule has 0 radical (unpaired) electrons. The number of aryl methyl sites for hydroxylation is 2. The first-order chi connectivity index (χ1) is 14.0. The highest BCUT2D eigenvalue weighted by molar-refractivity contribution is 7.98. The molecule has 1 N–H and O–H groups in total. The predicted molar refractivity (Wildman–Crippen MR) is 114 cm³/mol. The molecule has 6 nitrogen and oxygen atoms in total. The number of hydrogen-bond acceptors (Lipinski definition) is 6. The predicted octanol–water partition coefficient (Wildman–Crippen LogP) is 4.35. The molecule has 7 heteroatoms. The van der Waals surface area contributed by atoms with Crippen molar-refractivity contribution in [2.45, 2.75) is 63.6 Å². The van der Waals surface area contributed by atoms with Crippen LogP contribution in [0.2, 0.25) is 0 Å². The third-order valence-corrected chi connectivity index (χ3v) is 6.63. The molecule has 1 unspecified atom stereocenters. The number of phenolic OH excluding ortho intramolecular Hbond substituents is 1. The van der Waals surface area contributed by atoms with E-state index in [1.54, 1.807) is 17.8 Å². The van der Waals surface area contributed by atoms with Gasteiger partial charge < -0.3 is 18.8 Å². The third kappa shape index (κ3) is 4.07. The topological polar surface area (TPSA) is 77.5 Å². The Balaban J connectivity index is 1.65. The number of hydrogen-bond donors (Lipinski definition) is 1. The minimum absolute atomic E-state index is 0.159. The molecular weight excluding hydrogens is 388 g/mol.